The number of sulfonamides is 1. The van der Waals surface area contributed by atoms with Crippen molar-refractivity contribution in [1.82, 2.24) is 10.6 Å². The van der Waals surface area contributed by atoms with Crippen molar-refractivity contribution in [3.05, 3.63) is 59.9 Å². The third kappa shape index (κ3) is 4.59. The number of amides is 1. The van der Waals surface area contributed by atoms with Crippen LogP contribution < -0.4 is 15.4 Å². The second-order valence-electron chi connectivity index (χ2n) is 6.15. The predicted octanol–water partition coefficient (Wildman–Crippen LogP) is 2.11. The van der Waals surface area contributed by atoms with Gasteiger partial charge in [0.2, 0.25) is 0 Å². The molecule has 26 heavy (non-hydrogen) atoms. The summed E-state index contributed by atoms with van der Waals surface area (Å²) in [6.45, 7) is 1.72. The van der Waals surface area contributed by atoms with Gasteiger partial charge in [-0.25, -0.2) is 12.8 Å². The van der Waals surface area contributed by atoms with Gasteiger partial charge in [0.05, 0.1) is 4.90 Å². The standard InChI is InChI=1S/C18H20FN3O3S/c19-14-5-9-17(10-6-14)26(24,25)22-15-7-3-13(4-8-15)18(23)21-16-2-1-11-20-12-16/h3-10,16,20,22H,1-2,11-12H2,(H,21,23)/t16-/m0/s1. The quantitative estimate of drug-likeness (QED) is 0.745. The van der Waals surface area contributed by atoms with E-state index < -0.39 is 15.8 Å². The van der Waals surface area contributed by atoms with E-state index in [9.17, 15) is 17.6 Å². The zero-order chi connectivity index (χ0) is 18.6. The first-order chi connectivity index (χ1) is 12.4. The summed E-state index contributed by atoms with van der Waals surface area (Å²) in [5.74, 6) is -0.695. The minimum atomic E-state index is -3.81. The lowest BCUT2D eigenvalue weighted by Gasteiger charge is -2.23. The molecular formula is C18H20FN3O3S. The van der Waals surface area contributed by atoms with Crippen LogP contribution in [-0.2, 0) is 10.0 Å². The first-order valence-corrected chi connectivity index (χ1v) is 9.82. The van der Waals surface area contributed by atoms with Crippen molar-refractivity contribution in [3.8, 4) is 0 Å². The Morgan fingerprint density at radius 1 is 1.08 bits per heavy atom. The minimum absolute atomic E-state index is 0.0366. The molecule has 138 valence electrons. The lowest BCUT2D eigenvalue weighted by Crippen LogP contribution is -2.45. The van der Waals surface area contributed by atoms with E-state index in [2.05, 4.69) is 15.4 Å². The van der Waals surface area contributed by atoms with E-state index >= 15 is 0 Å². The molecule has 1 fully saturated rings. The highest BCUT2D eigenvalue weighted by molar-refractivity contribution is 7.92. The Morgan fingerprint density at radius 3 is 2.38 bits per heavy atom. The monoisotopic (exact) mass is 377 g/mol. The Kier molecular flexibility index (Phi) is 5.53. The maximum Gasteiger partial charge on any atom is 0.261 e. The predicted molar refractivity (Wildman–Crippen MR) is 97.0 cm³/mol. The molecule has 0 unspecified atom stereocenters. The van der Waals surface area contributed by atoms with E-state index in [1.807, 2.05) is 0 Å². The van der Waals surface area contributed by atoms with Crippen molar-refractivity contribution in [2.24, 2.45) is 0 Å². The summed E-state index contributed by atoms with van der Waals surface area (Å²) < 4.78 is 39.9. The van der Waals surface area contributed by atoms with Gasteiger partial charge in [-0.05, 0) is 67.9 Å². The van der Waals surface area contributed by atoms with Gasteiger partial charge in [-0.15, -0.1) is 0 Å². The van der Waals surface area contributed by atoms with Crippen LogP contribution in [0.15, 0.2) is 53.4 Å². The minimum Gasteiger partial charge on any atom is -0.348 e. The van der Waals surface area contributed by atoms with Crippen LogP contribution in [0.5, 0.6) is 0 Å². The van der Waals surface area contributed by atoms with E-state index in [0.717, 1.165) is 38.1 Å². The normalized spacial score (nSPS) is 17.5. The van der Waals surface area contributed by atoms with Crippen molar-refractivity contribution in [3.63, 3.8) is 0 Å². The number of anilines is 1. The van der Waals surface area contributed by atoms with Crippen LogP contribution in [0.4, 0.5) is 10.1 Å². The third-order valence-electron chi connectivity index (χ3n) is 4.16. The van der Waals surface area contributed by atoms with Crippen LogP contribution in [0, 0.1) is 5.82 Å². The van der Waals surface area contributed by atoms with E-state index in [4.69, 9.17) is 0 Å². The Hall–Kier alpha value is -2.45. The zero-order valence-electron chi connectivity index (χ0n) is 14.0. The molecule has 1 heterocycles. The average Bonchev–Trinajstić information content (AvgIpc) is 2.63. The summed E-state index contributed by atoms with van der Waals surface area (Å²) in [6.07, 6.45) is 1.96. The Morgan fingerprint density at radius 2 is 1.77 bits per heavy atom. The number of hydrogen-bond acceptors (Lipinski definition) is 4. The van der Waals surface area contributed by atoms with Crippen LogP contribution >= 0.6 is 0 Å². The molecule has 0 bridgehead atoms. The highest BCUT2D eigenvalue weighted by atomic mass is 32.2. The van der Waals surface area contributed by atoms with Gasteiger partial charge in [0.1, 0.15) is 5.82 Å². The summed E-state index contributed by atoms with van der Waals surface area (Å²) in [4.78, 5) is 12.2. The molecule has 1 amide bonds. The van der Waals surface area contributed by atoms with Crippen LogP contribution in [-0.4, -0.2) is 33.5 Å². The lowest BCUT2D eigenvalue weighted by atomic mass is 10.1. The molecule has 2 aromatic carbocycles. The molecule has 2 aromatic rings. The second kappa shape index (κ2) is 7.84. The van der Waals surface area contributed by atoms with Gasteiger partial charge < -0.3 is 10.6 Å². The third-order valence-corrected chi connectivity index (χ3v) is 5.55. The molecule has 3 N–H and O–H groups in total. The fourth-order valence-corrected chi connectivity index (χ4v) is 3.82. The van der Waals surface area contributed by atoms with Crippen molar-refractivity contribution in [2.75, 3.05) is 17.8 Å². The number of benzene rings is 2. The highest BCUT2D eigenvalue weighted by Crippen LogP contribution is 2.17. The van der Waals surface area contributed by atoms with E-state index in [1.54, 1.807) is 12.1 Å². The first-order valence-electron chi connectivity index (χ1n) is 8.34. The topological polar surface area (TPSA) is 87.3 Å². The molecule has 1 atom stereocenters. The van der Waals surface area contributed by atoms with Crippen LogP contribution in [0.1, 0.15) is 23.2 Å². The number of carbonyl (C=O) groups is 1. The largest absolute Gasteiger partial charge is 0.348 e. The highest BCUT2D eigenvalue weighted by Gasteiger charge is 2.17. The molecule has 8 heteroatoms. The first kappa shape index (κ1) is 18.3. The number of nitrogens with one attached hydrogen (secondary N) is 3. The zero-order valence-corrected chi connectivity index (χ0v) is 14.9. The molecule has 1 aliphatic heterocycles. The number of hydrogen-bond donors (Lipinski definition) is 3. The molecule has 0 aromatic heterocycles. The average molecular weight is 377 g/mol. The van der Waals surface area contributed by atoms with Gasteiger partial charge in [0.15, 0.2) is 0 Å². The van der Waals surface area contributed by atoms with Gasteiger partial charge in [-0.2, -0.15) is 0 Å². The SMILES string of the molecule is O=C(N[C@H]1CCCNC1)c1ccc(NS(=O)(=O)c2ccc(F)cc2)cc1. The molecular weight excluding hydrogens is 357 g/mol. The van der Waals surface area contributed by atoms with Crippen LogP contribution in [0.25, 0.3) is 0 Å². The number of carbonyl (C=O) groups excluding carboxylic acids is 1. The Balaban J connectivity index is 1.65. The molecule has 0 saturated carbocycles. The molecule has 1 aliphatic rings. The number of piperidine rings is 1. The fraction of sp³-hybridized carbons (Fsp3) is 0.278. The maximum atomic E-state index is 12.9. The van der Waals surface area contributed by atoms with E-state index in [-0.39, 0.29) is 16.8 Å². The Bertz CT molecular complexity index is 862. The number of rotatable bonds is 5. The van der Waals surface area contributed by atoms with E-state index in [0.29, 0.717) is 11.3 Å². The van der Waals surface area contributed by atoms with Crippen molar-refractivity contribution < 1.29 is 17.6 Å². The summed E-state index contributed by atoms with van der Waals surface area (Å²) in [7, 11) is -3.81. The molecule has 6 nitrogen and oxygen atoms in total. The summed E-state index contributed by atoms with van der Waals surface area (Å²) in [5, 5.41) is 6.19. The summed E-state index contributed by atoms with van der Waals surface area (Å²) in [5.41, 5.74) is 0.783. The number of halogens is 1. The van der Waals surface area contributed by atoms with Gasteiger partial charge in [-0.3, -0.25) is 9.52 Å². The van der Waals surface area contributed by atoms with Gasteiger partial charge >= 0.3 is 0 Å². The second-order valence-corrected chi connectivity index (χ2v) is 7.84. The van der Waals surface area contributed by atoms with Gasteiger partial charge in [0, 0.05) is 23.8 Å². The summed E-state index contributed by atoms with van der Waals surface area (Å²) >= 11 is 0. The summed E-state index contributed by atoms with van der Waals surface area (Å²) in [6, 6.07) is 10.8. The lowest BCUT2D eigenvalue weighted by molar-refractivity contribution is 0.0930. The molecule has 0 spiro atoms. The van der Waals surface area contributed by atoms with Gasteiger partial charge in [0.25, 0.3) is 15.9 Å². The van der Waals surface area contributed by atoms with Crippen LogP contribution in [0.3, 0.4) is 0 Å². The molecule has 3 rings (SSSR count). The van der Waals surface area contributed by atoms with Gasteiger partial charge in [-0.1, -0.05) is 0 Å². The smallest absolute Gasteiger partial charge is 0.261 e. The maximum absolute atomic E-state index is 12.9. The van der Waals surface area contributed by atoms with Crippen molar-refractivity contribution in [2.45, 2.75) is 23.8 Å². The van der Waals surface area contributed by atoms with E-state index in [1.165, 1.54) is 24.3 Å². The fourth-order valence-electron chi connectivity index (χ4n) is 2.76. The molecule has 1 saturated heterocycles. The van der Waals surface area contributed by atoms with Crippen molar-refractivity contribution in [1.29, 1.82) is 0 Å². The molecule has 0 radical (unpaired) electrons. The van der Waals surface area contributed by atoms with Crippen LogP contribution in [0.2, 0.25) is 0 Å². The Labute approximate surface area is 151 Å². The molecule has 0 aliphatic carbocycles. The van der Waals surface area contributed by atoms with Crippen molar-refractivity contribution >= 4 is 21.6 Å².